The first kappa shape index (κ1) is 24.8. The van der Waals surface area contributed by atoms with Crippen LogP contribution < -0.4 is 16.8 Å². The number of esters is 2. The molecule has 8 nitrogen and oxygen atoms in total. The van der Waals surface area contributed by atoms with Crippen LogP contribution in [0, 0.1) is 0 Å². The molecule has 0 aromatic rings. The normalized spacial score (nSPS) is 15.1. The number of hydrogen-bond donors (Lipinski definition) is 3. The van der Waals surface area contributed by atoms with Crippen LogP contribution in [-0.2, 0) is 23.9 Å². The standard InChI is InChI=1S/C15H27I2N3O5/c1-13(2,24-10(21)8(16)18)7-14(3,4)25-11(22)9(17)20-12(23)15(5,6)19/h8-9H,7,18-19H2,1-6H3,(H,20,23). The second-order valence-electron chi connectivity index (χ2n) is 7.50. The number of rotatable bonds is 8. The molecule has 2 atom stereocenters. The van der Waals surface area contributed by atoms with Crippen LogP contribution in [0.5, 0.6) is 0 Å². The van der Waals surface area contributed by atoms with Gasteiger partial charge in [-0.3, -0.25) is 4.79 Å². The fraction of sp³-hybridized carbons (Fsp3) is 0.800. The van der Waals surface area contributed by atoms with E-state index in [4.69, 9.17) is 20.9 Å². The monoisotopic (exact) mass is 583 g/mol. The van der Waals surface area contributed by atoms with Crippen LogP contribution in [0.1, 0.15) is 48.0 Å². The number of ether oxygens (including phenoxy) is 2. The van der Waals surface area contributed by atoms with Crippen LogP contribution in [-0.4, -0.2) is 42.7 Å². The SMILES string of the molecule is CC(C)(CC(C)(C)OC(=O)C(I)NC(=O)C(C)(C)N)OC(=O)C(N)I. The maximum absolute atomic E-state index is 12.2. The van der Waals surface area contributed by atoms with Crippen LogP contribution >= 0.6 is 45.2 Å². The van der Waals surface area contributed by atoms with Gasteiger partial charge in [0.25, 0.3) is 0 Å². The molecule has 5 N–H and O–H groups in total. The number of halogens is 2. The van der Waals surface area contributed by atoms with Crippen LogP contribution in [0.2, 0.25) is 0 Å². The van der Waals surface area contributed by atoms with Gasteiger partial charge in [0.2, 0.25) is 5.91 Å². The van der Waals surface area contributed by atoms with Crippen molar-refractivity contribution in [1.29, 1.82) is 0 Å². The zero-order valence-corrected chi connectivity index (χ0v) is 19.6. The summed E-state index contributed by atoms with van der Waals surface area (Å²) in [6.07, 6.45) is 0.251. The van der Waals surface area contributed by atoms with Crippen molar-refractivity contribution in [3.05, 3.63) is 0 Å². The first-order valence-corrected chi connectivity index (χ1v) is 10.1. The molecule has 0 aliphatic rings. The summed E-state index contributed by atoms with van der Waals surface area (Å²) in [5, 5.41) is 2.50. The molecule has 0 fully saturated rings. The summed E-state index contributed by atoms with van der Waals surface area (Å²) < 4.78 is 9.14. The average Bonchev–Trinajstić information content (AvgIpc) is 2.34. The summed E-state index contributed by atoms with van der Waals surface area (Å²) in [4.78, 5) is 35.7. The summed E-state index contributed by atoms with van der Waals surface area (Å²) in [6, 6.07) is 0. The van der Waals surface area contributed by atoms with Gasteiger partial charge in [-0.15, -0.1) is 0 Å². The third-order valence-corrected chi connectivity index (χ3v) is 4.21. The highest BCUT2D eigenvalue weighted by Crippen LogP contribution is 2.28. The van der Waals surface area contributed by atoms with E-state index in [2.05, 4.69) is 5.32 Å². The predicted octanol–water partition coefficient (Wildman–Crippen LogP) is 1.35. The minimum Gasteiger partial charge on any atom is -0.458 e. The summed E-state index contributed by atoms with van der Waals surface area (Å²) in [6.45, 7) is 9.88. The number of carbonyl (C=O) groups excluding carboxylic acids is 3. The number of hydrogen-bond acceptors (Lipinski definition) is 7. The van der Waals surface area contributed by atoms with Crippen LogP contribution in [0.3, 0.4) is 0 Å². The van der Waals surface area contributed by atoms with Gasteiger partial charge in [-0.25, -0.2) is 9.59 Å². The maximum Gasteiger partial charge on any atom is 0.339 e. The van der Waals surface area contributed by atoms with Gasteiger partial charge in [0.1, 0.15) is 11.2 Å². The lowest BCUT2D eigenvalue weighted by atomic mass is 9.92. The van der Waals surface area contributed by atoms with E-state index in [1.54, 1.807) is 72.9 Å². The Kier molecular flexibility index (Phi) is 9.05. The molecule has 0 saturated heterocycles. The number of amides is 1. The lowest BCUT2D eigenvalue weighted by Crippen LogP contribution is -2.53. The highest BCUT2D eigenvalue weighted by Gasteiger charge is 2.37. The summed E-state index contributed by atoms with van der Waals surface area (Å²) in [5.41, 5.74) is 8.25. The molecule has 0 radical (unpaired) electrons. The van der Waals surface area contributed by atoms with Crippen LogP contribution in [0.25, 0.3) is 0 Å². The Bertz CT molecular complexity index is 516. The minimum atomic E-state index is -1.10. The van der Waals surface area contributed by atoms with E-state index >= 15 is 0 Å². The summed E-state index contributed by atoms with van der Waals surface area (Å²) in [7, 11) is 0. The van der Waals surface area contributed by atoms with Crippen molar-refractivity contribution in [3.63, 3.8) is 0 Å². The van der Waals surface area contributed by atoms with Crippen LogP contribution in [0.4, 0.5) is 0 Å². The van der Waals surface area contributed by atoms with Gasteiger partial charge >= 0.3 is 11.9 Å². The van der Waals surface area contributed by atoms with Crippen molar-refractivity contribution >= 4 is 63.0 Å². The van der Waals surface area contributed by atoms with E-state index in [-0.39, 0.29) is 6.42 Å². The van der Waals surface area contributed by atoms with E-state index in [0.29, 0.717) is 0 Å². The first-order valence-electron chi connectivity index (χ1n) is 7.56. The molecule has 25 heavy (non-hydrogen) atoms. The van der Waals surface area contributed by atoms with E-state index < -0.39 is 42.7 Å². The molecule has 0 aromatic carbocycles. The highest BCUT2D eigenvalue weighted by molar-refractivity contribution is 14.1. The van der Waals surface area contributed by atoms with Gasteiger partial charge in [-0.1, -0.05) is 22.6 Å². The first-order chi connectivity index (χ1) is 11.0. The van der Waals surface area contributed by atoms with Gasteiger partial charge in [0.05, 0.1) is 5.54 Å². The Morgan fingerprint density at radius 3 is 1.72 bits per heavy atom. The van der Waals surface area contributed by atoms with E-state index in [1.807, 2.05) is 0 Å². The van der Waals surface area contributed by atoms with Crippen molar-refractivity contribution in [2.24, 2.45) is 11.5 Å². The fourth-order valence-corrected chi connectivity index (χ4v) is 2.65. The second-order valence-corrected chi connectivity index (χ2v) is 10.1. The molecule has 0 rings (SSSR count). The Hall–Kier alpha value is -0.210. The molecule has 0 aliphatic carbocycles. The third-order valence-electron chi connectivity index (χ3n) is 2.88. The molecule has 0 heterocycles. The topological polar surface area (TPSA) is 134 Å². The van der Waals surface area contributed by atoms with Gasteiger partial charge in [-0.05, 0) is 64.1 Å². The molecular weight excluding hydrogens is 556 g/mol. The van der Waals surface area contributed by atoms with Crippen molar-refractivity contribution in [2.75, 3.05) is 0 Å². The number of carbonyl (C=O) groups is 3. The van der Waals surface area contributed by atoms with Gasteiger partial charge in [-0.2, -0.15) is 0 Å². The molecular formula is C15H27I2N3O5. The highest BCUT2D eigenvalue weighted by atomic mass is 127. The fourth-order valence-electron chi connectivity index (χ4n) is 2.11. The van der Waals surface area contributed by atoms with Crippen molar-refractivity contribution in [2.45, 2.75) is 72.8 Å². The molecule has 10 heteroatoms. The summed E-state index contributed by atoms with van der Waals surface area (Å²) >= 11 is 3.52. The Morgan fingerprint density at radius 1 is 0.960 bits per heavy atom. The lowest BCUT2D eigenvalue weighted by molar-refractivity contribution is -0.169. The average molecular weight is 583 g/mol. The second kappa shape index (κ2) is 9.13. The molecule has 0 aromatic heterocycles. The van der Waals surface area contributed by atoms with Gasteiger partial charge in [0.15, 0.2) is 8.10 Å². The number of nitrogens with two attached hydrogens (primary N) is 2. The molecule has 0 spiro atoms. The number of alkyl halides is 2. The van der Waals surface area contributed by atoms with Gasteiger partial charge in [0, 0.05) is 6.42 Å². The predicted molar refractivity (Wildman–Crippen MR) is 111 cm³/mol. The largest absolute Gasteiger partial charge is 0.458 e. The number of nitrogens with one attached hydrogen (secondary N) is 1. The molecule has 2 unspecified atom stereocenters. The van der Waals surface area contributed by atoms with Gasteiger partial charge < -0.3 is 26.3 Å². The Labute approximate surface area is 175 Å². The zero-order valence-electron chi connectivity index (χ0n) is 15.3. The molecule has 0 bridgehead atoms. The van der Waals surface area contributed by atoms with Crippen LogP contribution in [0.15, 0.2) is 0 Å². The molecule has 0 aliphatic heterocycles. The summed E-state index contributed by atoms with van der Waals surface area (Å²) in [5.74, 6) is -1.63. The molecule has 0 saturated carbocycles. The Balaban J connectivity index is 4.81. The molecule has 1 amide bonds. The van der Waals surface area contributed by atoms with E-state index in [9.17, 15) is 14.4 Å². The maximum atomic E-state index is 12.2. The smallest absolute Gasteiger partial charge is 0.339 e. The third kappa shape index (κ3) is 9.89. The van der Waals surface area contributed by atoms with Crippen molar-refractivity contribution < 1.29 is 23.9 Å². The Morgan fingerprint density at radius 2 is 1.36 bits per heavy atom. The van der Waals surface area contributed by atoms with Crippen molar-refractivity contribution in [3.8, 4) is 0 Å². The zero-order chi connectivity index (χ0) is 20.2. The minimum absolute atomic E-state index is 0.251. The van der Waals surface area contributed by atoms with E-state index in [0.717, 1.165) is 0 Å². The molecule has 146 valence electrons. The quantitative estimate of drug-likeness (QED) is 0.170. The lowest BCUT2D eigenvalue weighted by Gasteiger charge is -2.35. The van der Waals surface area contributed by atoms with Crippen molar-refractivity contribution in [1.82, 2.24) is 5.32 Å². The van der Waals surface area contributed by atoms with E-state index in [1.165, 1.54) is 13.8 Å².